The van der Waals surface area contributed by atoms with Crippen molar-refractivity contribution in [3.8, 4) is 11.1 Å². The predicted octanol–water partition coefficient (Wildman–Crippen LogP) is 2.30. The van der Waals surface area contributed by atoms with E-state index in [1.165, 1.54) is 33.4 Å². The third-order valence-corrected chi connectivity index (χ3v) is 9.93. The summed E-state index contributed by atoms with van der Waals surface area (Å²) < 4.78 is 45.8. The van der Waals surface area contributed by atoms with E-state index in [-0.39, 0.29) is 35.4 Å². The summed E-state index contributed by atoms with van der Waals surface area (Å²) in [6.45, 7) is -0.569. The van der Waals surface area contributed by atoms with E-state index in [2.05, 4.69) is 10.6 Å². The zero-order valence-corrected chi connectivity index (χ0v) is 25.9. The number of piperidine rings is 1. The van der Waals surface area contributed by atoms with Gasteiger partial charge < -0.3 is 11.1 Å². The molecule has 4 amide bonds. The number of aromatic nitrogens is 2. The molecule has 7 rings (SSSR count). The molecule has 2 aliphatic heterocycles. The summed E-state index contributed by atoms with van der Waals surface area (Å²) in [6, 6.07) is 16.7. The van der Waals surface area contributed by atoms with Crippen LogP contribution >= 0.6 is 0 Å². The van der Waals surface area contributed by atoms with E-state index in [1.54, 1.807) is 49.5 Å². The standard InChI is InChI=1S/C32H26FN7O7S/c1-38-25-14-18(6-10-22(25)40(32(38)45)24-12-13-26(41)36-31(24)44)35-17-4-2-16(3-5-17)28-19-9-11-23(39-15-27(42)37-48(39,46)47)29(33)20(19)7-8-21(28)30(34)43/h2-11,14,24,35H,12-13,15H2,1H3,(H2,34,43)(H,37,42)(H,36,41,44). The van der Waals surface area contributed by atoms with Crippen LogP contribution in [-0.2, 0) is 31.6 Å². The molecule has 1 unspecified atom stereocenters. The lowest BCUT2D eigenvalue weighted by Crippen LogP contribution is -2.44. The molecule has 5 aromatic rings. The van der Waals surface area contributed by atoms with Gasteiger partial charge >= 0.3 is 15.9 Å². The minimum absolute atomic E-state index is 0.0207. The minimum Gasteiger partial charge on any atom is -0.366 e. The molecule has 4 aromatic carbocycles. The van der Waals surface area contributed by atoms with Crippen LogP contribution in [0.25, 0.3) is 32.9 Å². The topological polar surface area (TPSA) is 195 Å². The predicted molar refractivity (Wildman–Crippen MR) is 174 cm³/mol. The SMILES string of the molecule is Cn1c(=O)n(C2CCC(=O)NC2=O)c2ccc(Nc3ccc(-c4c(C(N)=O)ccc5c(F)c(N6CC(=O)NS6(=O)=O)ccc45)cc3)cc21. The Balaban J connectivity index is 1.22. The Morgan fingerprint density at radius 1 is 0.917 bits per heavy atom. The molecule has 2 fully saturated rings. The number of hydrogen-bond donors (Lipinski definition) is 4. The molecule has 3 heterocycles. The van der Waals surface area contributed by atoms with Gasteiger partial charge in [-0.15, -0.1) is 0 Å². The van der Waals surface area contributed by atoms with Crippen molar-refractivity contribution in [3.05, 3.63) is 88.6 Å². The van der Waals surface area contributed by atoms with Crippen molar-refractivity contribution in [3.63, 3.8) is 0 Å². The minimum atomic E-state index is -4.25. The van der Waals surface area contributed by atoms with Gasteiger partial charge in [0.05, 0.1) is 16.7 Å². The van der Waals surface area contributed by atoms with Crippen LogP contribution in [0, 0.1) is 5.82 Å². The summed E-state index contributed by atoms with van der Waals surface area (Å²) in [5, 5.41) is 5.87. The highest BCUT2D eigenvalue weighted by atomic mass is 32.2. The zero-order valence-electron chi connectivity index (χ0n) is 25.1. The van der Waals surface area contributed by atoms with E-state index in [9.17, 15) is 32.4 Å². The molecule has 244 valence electrons. The third-order valence-electron chi connectivity index (χ3n) is 8.54. The number of nitrogens with two attached hydrogens (primary N) is 1. The third kappa shape index (κ3) is 4.93. The first kappa shape index (κ1) is 30.6. The Labute approximate surface area is 271 Å². The quantitative estimate of drug-likeness (QED) is 0.197. The molecule has 1 aromatic heterocycles. The number of nitrogens with zero attached hydrogens (tertiary/aromatic N) is 3. The van der Waals surface area contributed by atoms with Crippen LogP contribution in [-0.4, -0.2) is 47.7 Å². The second-order valence-electron chi connectivity index (χ2n) is 11.5. The Bertz CT molecular complexity index is 2420. The maximum atomic E-state index is 15.8. The van der Waals surface area contributed by atoms with Gasteiger partial charge in [0.2, 0.25) is 17.7 Å². The van der Waals surface area contributed by atoms with Crippen LogP contribution in [0.5, 0.6) is 0 Å². The van der Waals surface area contributed by atoms with Gasteiger partial charge in [-0.05, 0) is 59.8 Å². The molecular weight excluding hydrogens is 645 g/mol. The number of rotatable bonds is 6. The summed E-state index contributed by atoms with van der Waals surface area (Å²) in [6.07, 6.45) is 0.351. The highest BCUT2D eigenvalue weighted by Gasteiger charge is 2.36. The van der Waals surface area contributed by atoms with Crippen molar-refractivity contribution < 1.29 is 32.0 Å². The van der Waals surface area contributed by atoms with E-state index in [0.29, 0.717) is 43.2 Å². The van der Waals surface area contributed by atoms with Gasteiger partial charge in [0, 0.05) is 41.4 Å². The largest absolute Gasteiger partial charge is 0.366 e. The van der Waals surface area contributed by atoms with Crippen LogP contribution in [0.2, 0.25) is 0 Å². The summed E-state index contributed by atoms with van der Waals surface area (Å²) >= 11 is 0. The maximum absolute atomic E-state index is 15.8. The number of nitrogens with one attached hydrogen (secondary N) is 3. The average Bonchev–Trinajstić information content (AvgIpc) is 3.46. The Kier molecular flexibility index (Phi) is 7.05. The van der Waals surface area contributed by atoms with Crippen LogP contribution in [0.4, 0.5) is 21.5 Å². The fraction of sp³-hybridized carbons (Fsp3) is 0.156. The van der Waals surface area contributed by atoms with E-state index in [0.717, 1.165) is 0 Å². The van der Waals surface area contributed by atoms with Crippen molar-refractivity contribution in [1.29, 1.82) is 0 Å². The molecule has 0 saturated carbocycles. The van der Waals surface area contributed by atoms with Crippen LogP contribution in [0.15, 0.2) is 71.5 Å². The van der Waals surface area contributed by atoms with Gasteiger partial charge in [0.1, 0.15) is 12.6 Å². The van der Waals surface area contributed by atoms with Crippen molar-refractivity contribution in [2.75, 3.05) is 16.2 Å². The van der Waals surface area contributed by atoms with Gasteiger partial charge in [0.15, 0.2) is 5.82 Å². The molecule has 14 nitrogen and oxygen atoms in total. The number of carbonyl (C=O) groups excluding carboxylic acids is 4. The molecule has 2 aliphatic rings. The van der Waals surface area contributed by atoms with E-state index in [1.807, 2.05) is 4.72 Å². The number of amides is 4. The van der Waals surface area contributed by atoms with Crippen molar-refractivity contribution in [2.45, 2.75) is 18.9 Å². The van der Waals surface area contributed by atoms with Crippen LogP contribution < -0.4 is 31.1 Å². The summed E-state index contributed by atoms with van der Waals surface area (Å²) in [4.78, 5) is 61.4. The van der Waals surface area contributed by atoms with E-state index >= 15 is 4.39 Å². The summed E-state index contributed by atoms with van der Waals surface area (Å²) in [5.74, 6) is -3.33. The lowest BCUT2D eigenvalue weighted by atomic mass is 9.92. The van der Waals surface area contributed by atoms with Crippen LogP contribution in [0.3, 0.4) is 0 Å². The number of carbonyl (C=O) groups is 4. The molecule has 0 spiro atoms. The summed E-state index contributed by atoms with van der Waals surface area (Å²) in [7, 11) is -2.66. The number of halogens is 1. The molecule has 0 radical (unpaired) electrons. The first-order chi connectivity index (χ1) is 22.8. The van der Waals surface area contributed by atoms with Gasteiger partial charge in [-0.2, -0.15) is 8.42 Å². The second kappa shape index (κ2) is 11.0. The van der Waals surface area contributed by atoms with Gasteiger partial charge in [-0.1, -0.05) is 24.3 Å². The second-order valence-corrected chi connectivity index (χ2v) is 13.1. The van der Waals surface area contributed by atoms with Crippen molar-refractivity contribution in [1.82, 2.24) is 19.2 Å². The number of hydrogen-bond acceptors (Lipinski definition) is 8. The lowest BCUT2D eigenvalue weighted by molar-refractivity contribution is -0.135. The first-order valence-corrected chi connectivity index (χ1v) is 16.1. The zero-order chi connectivity index (χ0) is 34.1. The number of aryl methyl sites for hydroxylation is 1. The average molecular weight is 672 g/mol. The van der Waals surface area contributed by atoms with Gasteiger partial charge in [-0.25, -0.2) is 18.2 Å². The number of imide groups is 1. The Hall–Kier alpha value is -6.03. The Morgan fingerprint density at radius 3 is 2.29 bits per heavy atom. The lowest BCUT2D eigenvalue weighted by Gasteiger charge is -2.21. The molecule has 0 bridgehead atoms. The van der Waals surface area contributed by atoms with Crippen LogP contribution in [0.1, 0.15) is 29.2 Å². The first-order valence-electron chi connectivity index (χ1n) is 14.6. The molecular formula is C32H26FN7O7S. The fourth-order valence-electron chi connectivity index (χ4n) is 6.29. The molecule has 48 heavy (non-hydrogen) atoms. The number of benzene rings is 4. The summed E-state index contributed by atoms with van der Waals surface area (Å²) in [5.41, 5.74) is 8.32. The molecule has 5 N–H and O–H groups in total. The number of primary amides is 1. The molecule has 1 atom stereocenters. The van der Waals surface area contributed by atoms with Crippen molar-refractivity contribution in [2.24, 2.45) is 12.8 Å². The molecule has 0 aliphatic carbocycles. The normalized spacial score (nSPS) is 17.5. The van der Waals surface area contributed by atoms with E-state index < -0.39 is 52.0 Å². The Morgan fingerprint density at radius 2 is 1.62 bits per heavy atom. The van der Waals surface area contributed by atoms with Gasteiger partial charge in [-0.3, -0.25) is 33.6 Å². The number of anilines is 3. The maximum Gasteiger partial charge on any atom is 0.329 e. The van der Waals surface area contributed by atoms with Gasteiger partial charge in [0.25, 0.3) is 5.91 Å². The smallest absolute Gasteiger partial charge is 0.329 e. The molecule has 16 heteroatoms. The number of imidazole rings is 1. The monoisotopic (exact) mass is 671 g/mol. The highest BCUT2D eigenvalue weighted by molar-refractivity contribution is 7.92. The van der Waals surface area contributed by atoms with Crippen molar-refractivity contribution >= 4 is 72.7 Å². The van der Waals surface area contributed by atoms with E-state index in [4.69, 9.17) is 5.73 Å². The molecule has 2 saturated heterocycles. The highest BCUT2D eigenvalue weighted by Crippen LogP contribution is 2.38. The number of fused-ring (bicyclic) bond motifs is 2. The fourth-order valence-corrected chi connectivity index (χ4v) is 7.44.